The van der Waals surface area contributed by atoms with Gasteiger partial charge in [0.1, 0.15) is 6.04 Å². The maximum absolute atomic E-state index is 11.7. The summed E-state index contributed by atoms with van der Waals surface area (Å²) in [6, 6.07) is 5.64. The zero-order valence-corrected chi connectivity index (χ0v) is 9.34. The summed E-state index contributed by atoms with van der Waals surface area (Å²) in [6.07, 6.45) is 0.0261. The number of aliphatic carboxylic acids is 1. The van der Waals surface area contributed by atoms with Crippen LogP contribution >= 0.6 is 0 Å². The molecule has 90 valence electrons. The first kappa shape index (κ1) is 12.9. The summed E-state index contributed by atoms with van der Waals surface area (Å²) in [4.78, 5) is 32.7. The summed E-state index contributed by atoms with van der Waals surface area (Å²) in [5, 5.41) is 10.9. The molecular weight excluding hydrogens is 222 g/mol. The zero-order chi connectivity index (χ0) is 12.8. The molecule has 1 atom stereocenters. The molecule has 0 spiro atoms. The van der Waals surface area contributed by atoms with Crippen molar-refractivity contribution in [1.29, 1.82) is 0 Å². The van der Waals surface area contributed by atoms with Crippen LogP contribution < -0.4 is 5.32 Å². The van der Waals surface area contributed by atoms with Crippen molar-refractivity contribution in [1.82, 2.24) is 5.32 Å². The highest BCUT2D eigenvalue weighted by Gasteiger charge is 2.20. The topological polar surface area (TPSA) is 83.5 Å². The molecule has 1 aromatic carbocycles. The van der Waals surface area contributed by atoms with Crippen molar-refractivity contribution in [3.63, 3.8) is 0 Å². The zero-order valence-electron chi connectivity index (χ0n) is 9.34. The van der Waals surface area contributed by atoms with Crippen molar-refractivity contribution < 1.29 is 19.5 Å². The van der Waals surface area contributed by atoms with Gasteiger partial charge in [-0.2, -0.15) is 0 Å². The molecule has 1 aromatic rings. The minimum absolute atomic E-state index is 0.253. The number of hydrogen-bond donors (Lipinski definition) is 2. The van der Waals surface area contributed by atoms with E-state index in [1.54, 1.807) is 24.3 Å². The summed E-state index contributed by atoms with van der Waals surface area (Å²) >= 11 is 0. The number of rotatable bonds is 6. The van der Waals surface area contributed by atoms with Gasteiger partial charge < -0.3 is 10.4 Å². The Kier molecular flexibility index (Phi) is 4.39. The monoisotopic (exact) mass is 235 g/mol. The quantitative estimate of drug-likeness (QED) is 0.563. The Hall–Kier alpha value is -2.17. The highest BCUT2D eigenvalue weighted by molar-refractivity contribution is 5.99. The average molecular weight is 235 g/mol. The lowest BCUT2D eigenvalue weighted by Gasteiger charge is -2.10. The van der Waals surface area contributed by atoms with Gasteiger partial charge in [-0.25, -0.2) is 4.79 Å². The highest BCUT2D eigenvalue weighted by atomic mass is 16.4. The number of ketones is 1. The van der Waals surface area contributed by atoms with E-state index in [0.717, 1.165) is 5.56 Å². The summed E-state index contributed by atoms with van der Waals surface area (Å²) in [6.45, 7) is 1.89. The van der Waals surface area contributed by atoms with E-state index in [9.17, 15) is 14.4 Å². The largest absolute Gasteiger partial charge is 0.480 e. The molecule has 0 aromatic heterocycles. The first-order chi connectivity index (χ1) is 8.04. The lowest BCUT2D eigenvalue weighted by molar-refractivity contribution is -0.140. The highest BCUT2D eigenvalue weighted by Crippen LogP contribution is 2.07. The Balaban J connectivity index is 2.73. The van der Waals surface area contributed by atoms with Gasteiger partial charge in [-0.05, 0) is 6.92 Å². The Labute approximate surface area is 98.4 Å². The molecule has 1 amide bonds. The van der Waals surface area contributed by atoms with Crippen LogP contribution in [0.1, 0.15) is 22.3 Å². The maximum Gasteiger partial charge on any atom is 0.326 e. The van der Waals surface area contributed by atoms with Crippen molar-refractivity contribution >= 4 is 18.2 Å². The molecule has 0 bridgehead atoms. The third-order valence-electron chi connectivity index (χ3n) is 2.33. The molecule has 0 heterocycles. The van der Waals surface area contributed by atoms with E-state index in [1.165, 1.54) is 0 Å². The molecular formula is C12H13NO4. The second kappa shape index (κ2) is 5.79. The van der Waals surface area contributed by atoms with Crippen molar-refractivity contribution in [3.05, 3.63) is 35.4 Å². The molecule has 17 heavy (non-hydrogen) atoms. The number of amides is 1. The van der Waals surface area contributed by atoms with E-state index in [2.05, 4.69) is 5.32 Å². The second-order valence-electron chi connectivity index (χ2n) is 3.67. The van der Waals surface area contributed by atoms with Crippen LogP contribution in [0.2, 0.25) is 0 Å². The summed E-state index contributed by atoms with van der Waals surface area (Å²) in [7, 11) is 0. The minimum Gasteiger partial charge on any atom is -0.480 e. The summed E-state index contributed by atoms with van der Waals surface area (Å²) in [5.41, 5.74) is 1.46. The van der Waals surface area contributed by atoms with Crippen LogP contribution in [0.3, 0.4) is 0 Å². The van der Waals surface area contributed by atoms with Crippen molar-refractivity contribution in [3.8, 4) is 0 Å². The van der Waals surface area contributed by atoms with E-state index in [4.69, 9.17) is 5.11 Å². The molecule has 5 nitrogen and oxygen atoms in total. The second-order valence-corrected chi connectivity index (χ2v) is 3.67. The van der Waals surface area contributed by atoms with E-state index >= 15 is 0 Å². The van der Waals surface area contributed by atoms with E-state index < -0.39 is 12.0 Å². The van der Waals surface area contributed by atoms with Crippen LogP contribution in [-0.4, -0.2) is 29.3 Å². The van der Waals surface area contributed by atoms with E-state index in [1.807, 2.05) is 6.92 Å². The van der Waals surface area contributed by atoms with Gasteiger partial charge in [0.25, 0.3) is 0 Å². The minimum atomic E-state index is -1.22. The fraction of sp³-hybridized carbons (Fsp3) is 0.250. The van der Waals surface area contributed by atoms with Crippen LogP contribution in [0.5, 0.6) is 0 Å². The predicted octanol–water partition coefficient (Wildman–Crippen LogP) is 0.767. The molecule has 2 N–H and O–H groups in total. The average Bonchev–Trinajstić information content (AvgIpc) is 2.29. The summed E-state index contributed by atoms with van der Waals surface area (Å²) in [5.74, 6) is -1.54. The van der Waals surface area contributed by atoms with Gasteiger partial charge >= 0.3 is 5.97 Å². The summed E-state index contributed by atoms with van der Waals surface area (Å²) < 4.78 is 0. The van der Waals surface area contributed by atoms with E-state index in [0.29, 0.717) is 5.56 Å². The van der Waals surface area contributed by atoms with Crippen LogP contribution in [0.4, 0.5) is 0 Å². The van der Waals surface area contributed by atoms with Gasteiger partial charge in [-0.1, -0.05) is 29.8 Å². The molecule has 0 aliphatic heterocycles. The van der Waals surface area contributed by atoms with Gasteiger partial charge in [0, 0.05) is 12.0 Å². The number of Topliss-reactive ketones (excluding diaryl/α,β-unsaturated/α-hetero) is 1. The molecule has 0 aliphatic carbocycles. The third kappa shape index (κ3) is 3.71. The number of aryl methyl sites for hydroxylation is 1. The van der Waals surface area contributed by atoms with Crippen molar-refractivity contribution in [2.75, 3.05) is 0 Å². The van der Waals surface area contributed by atoms with Gasteiger partial charge in [-0.15, -0.1) is 0 Å². The lowest BCUT2D eigenvalue weighted by Crippen LogP contribution is -2.37. The first-order valence-corrected chi connectivity index (χ1v) is 5.07. The van der Waals surface area contributed by atoms with Crippen molar-refractivity contribution in [2.45, 2.75) is 19.4 Å². The number of carbonyl (C=O) groups excluding carboxylic acids is 2. The van der Waals surface area contributed by atoms with Crippen LogP contribution in [0, 0.1) is 6.92 Å². The van der Waals surface area contributed by atoms with Gasteiger partial charge in [-0.3, -0.25) is 9.59 Å². The fourth-order valence-electron chi connectivity index (χ4n) is 1.34. The lowest BCUT2D eigenvalue weighted by atomic mass is 10.0. The Morgan fingerprint density at radius 1 is 1.35 bits per heavy atom. The maximum atomic E-state index is 11.7. The number of benzene rings is 1. The molecule has 0 aliphatic rings. The standard InChI is InChI=1S/C12H13NO4/c1-8-2-4-9(5-3-8)11(15)6-10(12(16)17)13-7-14/h2-5,7,10H,6H2,1H3,(H,13,14)(H,16,17). The van der Waals surface area contributed by atoms with Crippen LogP contribution in [0.25, 0.3) is 0 Å². The number of carbonyl (C=O) groups is 3. The number of nitrogens with one attached hydrogen (secondary N) is 1. The Morgan fingerprint density at radius 2 is 1.94 bits per heavy atom. The SMILES string of the molecule is Cc1ccc(C(=O)CC(NC=O)C(=O)O)cc1. The normalized spacial score (nSPS) is 11.6. The molecule has 5 heteroatoms. The van der Waals surface area contributed by atoms with Crippen LogP contribution in [0.15, 0.2) is 24.3 Å². The smallest absolute Gasteiger partial charge is 0.326 e. The number of hydrogen-bond acceptors (Lipinski definition) is 3. The third-order valence-corrected chi connectivity index (χ3v) is 2.33. The molecule has 0 fully saturated rings. The van der Waals surface area contributed by atoms with Gasteiger partial charge in [0.2, 0.25) is 6.41 Å². The number of carboxylic acids is 1. The van der Waals surface area contributed by atoms with E-state index in [-0.39, 0.29) is 18.6 Å². The first-order valence-electron chi connectivity index (χ1n) is 5.07. The fourth-order valence-corrected chi connectivity index (χ4v) is 1.34. The van der Waals surface area contributed by atoms with Crippen molar-refractivity contribution in [2.24, 2.45) is 0 Å². The molecule has 0 saturated carbocycles. The Bertz CT molecular complexity index is 425. The van der Waals surface area contributed by atoms with Gasteiger partial charge in [0.05, 0.1) is 0 Å². The molecule has 1 unspecified atom stereocenters. The molecule has 0 radical (unpaired) electrons. The molecule has 0 saturated heterocycles. The number of carboxylic acid groups (broad SMARTS) is 1. The van der Waals surface area contributed by atoms with Gasteiger partial charge in [0.15, 0.2) is 5.78 Å². The van der Waals surface area contributed by atoms with Crippen LogP contribution in [-0.2, 0) is 9.59 Å². The Morgan fingerprint density at radius 3 is 2.41 bits per heavy atom. The predicted molar refractivity (Wildman–Crippen MR) is 60.8 cm³/mol. The molecule has 1 rings (SSSR count).